The summed E-state index contributed by atoms with van der Waals surface area (Å²) in [6, 6.07) is 8.31. The van der Waals surface area contributed by atoms with Gasteiger partial charge in [0.05, 0.1) is 7.11 Å². The molecule has 0 aliphatic heterocycles. The number of ether oxygens (including phenoxy) is 1. The Balaban J connectivity index is 2.18. The van der Waals surface area contributed by atoms with E-state index in [2.05, 4.69) is 37.3 Å². The van der Waals surface area contributed by atoms with Gasteiger partial charge in [0.25, 0.3) is 0 Å². The second kappa shape index (κ2) is 4.35. The van der Waals surface area contributed by atoms with E-state index in [1.54, 1.807) is 7.11 Å². The van der Waals surface area contributed by atoms with Gasteiger partial charge < -0.3 is 4.74 Å². The minimum atomic E-state index is 0.481. The van der Waals surface area contributed by atoms with E-state index < -0.39 is 0 Å². The lowest BCUT2D eigenvalue weighted by atomic mass is 9.94. The summed E-state index contributed by atoms with van der Waals surface area (Å²) in [6.07, 6.45) is 7.79. The van der Waals surface area contributed by atoms with Crippen LogP contribution in [0.25, 0.3) is 0 Å². The smallest absolute Gasteiger partial charge is 0.118 e. The molecule has 0 amide bonds. The summed E-state index contributed by atoms with van der Waals surface area (Å²) in [6.45, 7) is 2.24. The van der Waals surface area contributed by atoms with E-state index in [0.29, 0.717) is 5.92 Å². The van der Waals surface area contributed by atoms with E-state index in [-0.39, 0.29) is 0 Å². The molecule has 1 aliphatic rings. The van der Waals surface area contributed by atoms with Crippen molar-refractivity contribution in [2.24, 2.45) is 0 Å². The molecule has 1 nitrogen and oxygen atoms in total. The predicted octanol–water partition coefficient (Wildman–Crippen LogP) is 3.69. The number of allylic oxidation sites excluding steroid dienone is 4. The first-order valence-corrected chi connectivity index (χ1v) is 5.32. The molecule has 0 fully saturated rings. The fourth-order valence-corrected chi connectivity index (χ4v) is 1.88. The Morgan fingerprint density at radius 3 is 2.47 bits per heavy atom. The third-order valence-electron chi connectivity index (χ3n) is 2.92. The monoisotopic (exact) mass is 200 g/mol. The largest absolute Gasteiger partial charge is 0.497 e. The van der Waals surface area contributed by atoms with Gasteiger partial charge in [0.1, 0.15) is 5.75 Å². The van der Waals surface area contributed by atoms with Gasteiger partial charge in [-0.25, -0.2) is 0 Å². The zero-order valence-corrected chi connectivity index (χ0v) is 9.23. The van der Waals surface area contributed by atoms with Gasteiger partial charge in [0, 0.05) is 5.92 Å². The summed E-state index contributed by atoms with van der Waals surface area (Å²) < 4.78 is 5.15. The second-order valence-electron chi connectivity index (χ2n) is 3.84. The molecule has 1 aliphatic carbocycles. The molecule has 1 heteroatoms. The normalized spacial score (nSPS) is 16.3. The third-order valence-corrected chi connectivity index (χ3v) is 2.92. The Labute approximate surface area is 91.1 Å². The number of hydrogen-bond donors (Lipinski definition) is 0. The summed E-state index contributed by atoms with van der Waals surface area (Å²) >= 11 is 0. The Bertz CT molecular complexity index is 384. The van der Waals surface area contributed by atoms with Crippen molar-refractivity contribution in [3.63, 3.8) is 0 Å². The third kappa shape index (κ3) is 2.12. The molecule has 0 heterocycles. The first-order valence-electron chi connectivity index (χ1n) is 5.32. The van der Waals surface area contributed by atoms with Gasteiger partial charge >= 0.3 is 0 Å². The minimum Gasteiger partial charge on any atom is -0.497 e. The molecule has 15 heavy (non-hydrogen) atoms. The molecular formula is C14H16O. The number of rotatable bonds is 3. The lowest BCUT2D eigenvalue weighted by Crippen LogP contribution is -1.95. The summed E-state index contributed by atoms with van der Waals surface area (Å²) in [5.41, 5.74) is 2.76. The van der Waals surface area contributed by atoms with Crippen LogP contribution in [0.3, 0.4) is 0 Å². The standard InChI is InChI=1S/C14H16O/c1-11(12-5-3-4-6-12)13-7-9-14(15-2)10-8-13/h3,5-11H,4H2,1-2H3. The average Bonchev–Trinajstić information content (AvgIpc) is 2.82. The Kier molecular flexibility index (Phi) is 2.91. The van der Waals surface area contributed by atoms with Crippen LogP contribution >= 0.6 is 0 Å². The van der Waals surface area contributed by atoms with Crippen LogP contribution in [-0.4, -0.2) is 7.11 Å². The second-order valence-corrected chi connectivity index (χ2v) is 3.84. The highest BCUT2D eigenvalue weighted by atomic mass is 16.5. The lowest BCUT2D eigenvalue weighted by molar-refractivity contribution is 0.414. The van der Waals surface area contributed by atoms with E-state index in [1.807, 2.05) is 12.1 Å². The van der Waals surface area contributed by atoms with Crippen LogP contribution in [0, 0.1) is 0 Å². The zero-order chi connectivity index (χ0) is 10.7. The Hall–Kier alpha value is -1.50. The van der Waals surface area contributed by atoms with Gasteiger partial charge in [0.2, 0.25) is 0 Å². The summed E-state index contributed by atoms with van der Waals surface area (Å²) in [5, 5.41) is 0. The average molecular weight is 200 g/mol. The van der Waals surface area contributed by atoms with Gasteiger partial charge in [-0.2, -0.15) is 0 Å². The molecule has 0 spiro atoms. The van der Waals surface area contributed by atoms with Crippen molar-refractivity contribution in [1.29, 1.82) is 0 Å². The van der Waals surface area contributed by atoms with Crippen molar-refractivity contribution in [2.45, 2.75) is 19.3 Å². The molecular weight excluding hydrogens is 184 g/mol. The maximum absolute atomic E-state index is 5.15. The van der Waals surface area contributed by atoms with Crippen LogP contribution in [0.5, 0.6) is 5.75 Å². The van der Waals surface area contributed by atoms with E-state index in [1.165, 1.54) is 11.1 Å². The maximum Gasteiger partial charge on any atom is 0.118 e. The molecule has 0 radical (unpaired) electrons. The molecule has 0 N–H and O–H groups in total. The van der Waals surface area contributed by atoms with Crippen molar-refractivity contribution >= 4 is 0 Å². The van der Waals surface area contributed by atoms with Crippen molar-refractivity contribution < 1.29 is 4.74 Å². The van der Waals surface area contributed by atoms with E-state index in [0.717, 1.165) is 12.2 Å². The quantitative estimate of drug-likeness (QED) is 0.723. The fourth-order valence-electron chi connectivity index (χ4n) is 1.88. The van der Waals surface area contributed by atoms with Crippen molar-refractivity contribution in [3.8, 4) is 5.75 Å². The molecule has 0 saturated carbocycles. The van der Waals surface area contributed by atoms with E-state index in [4.69, 9.17) is 4.74 Å². The van der Waals surface area contributed by atoms with E-state index >= 15 is 0 Å². The Morgan fingerprint density at radius 1 is 1.20 bits per heavy atom. The highest BCUT2D eigenvalue weighted by Gasteiger charge is 2.10. The summed E-state index contributed by atoms with van der Waals surface area (Å²) in [5.74, 6) is 1.40. The van der Waals surface area contributed by atoms with Crippen molar-refractivity contribution in [1.82, 2.24) is 0 Å². The number of benzene rings is 1. The van der Waals surface area contributed by atoms with Crippen LogP contribution in [0.4, 0.5) is 0 Å². The molecule has 1 aromatic carbocycles. The molecule has 1 unspecified atom stereocenters. The first-order chi connectivity index (χ1) is 7.31. The Morgan fingerprint density at radius 2 is 1.93 bits per heavy atom. The van der Waals surface area contributed by atoms with Gasteiger partial charge in [-0.3, -0.25) is 0 Å². The van der Waals surface area contributed by atoms with Crippen LogP contribution in [0.2, 0.25) is 0 Å². The SMILES string of the molecule is COc1ccc(C(C)C2=CCC=C2)cc1. The first kappa shape index (κ1) is 10.0. The number of hydrogen-bond acceptors (Lipinski definition) is 1. The fraction of sp³-hybridized carbons (Fsp3) is 0.286. The van der Waals surface area contributed by atoms with Crippen LogP contribution in [0.15, 0.2) is 48.1 Å². The summed E-state index contributed by atoms with van der Waals surface area (Å²) in [7, 11) is 1.70. The minimum absolute atomic E-state index is 0.481. The topological polar surface area (TPSA) is 9.23 Å². The predicted molar refractivity (Wildman–Crippen MR) is 63.2 cm³/mol. The molecule has 0 aromatic heterocycles. The van der Waals surface area contributed by atoms with Crippen molar-refractivity contribution in [2.75, 3.05) is 7.11 Å². The van der Waals surface area contributed by atoms with Crippen LogP contribution < -0.4 is 4.74 Å². The highest BCUT2D eigenvalue weighted by Crippen LogP contribution is 2.28. The van der Waals surface area contributed by atoms with E-state index in [9.17, 15) is 0 Å². The van der Waals surface area contributed by atoms with Crippen LogP contribution in [-0.2, 0) is 0 Å². The van der Waals surface area contributed by atoms with Crippen LogP contribution in [0.1, 0.15) is 24.8 Å². The lowest BCUT2D eigenvalue weighted by Gasteiger charge is -2.12. The number of methoxy groups -OCH3 is 1. The maximum atomic E-state index is 5.15. The zero-order valence-electron chi connectivity index (χ0n) is 9.23. The molecule has 78 valence electrons. The molecule has 2 rings (SSSR count). The molecule has 1 atom stereocenters. The van der Waals surface area contributed by atoms with Crippen molar-refractivity contribution in [3.05, 3.63) is 53.6 Å². The van der Waals surface area contributed by atoms with Gasteiger partial charge in [0.15, 0.2) is 0 Å². The van der Waals surface area contributed by atoms with Gasteiger partial charge in [-0.1, -0.05) is 37.3 Å². The molecule has 0 bridgehead atoms. The van der Waals surface area contributed by atoms with Gasteiger partial charge in [-0.05, 0) is 29.7 Å². The summed E-state index contributed by atoms with van der Waals surface area (Å²) in [4.78, 5) is 0. The molecule has 1 aromatic rings. The van der Waals surface area contributed by atoms with Gasteiger partial charge in [-0.15, -0.1) is 0 Å². The highest BCUT2D eigenvalue weighted by molar-refractivity contribution is 5.39. The molecule has 0 saturated heterocycles.